The monoisotopic (exact) mass is 356 g/mol. The van der Waals surface area contributed by atoms with Crippen LogP contribution < -0.4 is 11.1 Å². The summed E-state index contributed by atoms with van der Waals surface area (Å²) in [6, 6.07) is 3.33. The number of carbonyl (C=O) groups excluding carboxylic acids is 2. The SMILES string of the molecule is Cc1nc(C(=O)Nc2ccnc(C3(C)CC(=O)N(C)C(N)=N3)c2)c(C)o1. The largest absolute Gasteiger partial charge is 0.445 e. The van der Waals surface area contributed by atoms with Gasteiger partial charge in [-0.1, -0.05) is 0 Å². The minimum atomic E-state index is -0.894. The zero-order chi connectivity index (χ0) is 19.1. The highest BCUT2D eigenvalue weighted by molar-refractivity contribution is 6.03. The molecule has 0 bridgehead atoms. The van der Waals surface area contributed by atoms with Crippen molar-refractivity contribution < 1.29 is 14.0 Å². The summed E-state index contributed by atoms with van der Waals surface area (Å²) in [7, 11) is 1.58. The molecule has 3 heterocycles. The van der Waals surface area contributed by atoms with Crippen LogP contribution in [0.4, 0.5) is 5.69 Å². The Bertz CT molecular complexity index is 919. The van der Waals surface area contributed by atoms with E-state index in [2.05, 4.69) is 20.3 Å². The van der Waals surface area contributed by atoms with Crippen molar-refractivity contribution >= 4 is 23.5 Å². The number of carbonyl (C=O) groups is 2. The van der Waals surface area contributed by atoms with Gasteiger partial charge in [-0.2, -0.15) is 0 Å². The first kappa shape index (κ1) is 17.6. The maximum Gasteiger partial charge on any atom is 0.277 e. The van der Waals surface area contributed by atoms with Gasteiger partial charge in [0, 0.05) is 25.9 Å². The first-order valence-corrected chi connectivity index (χ1v) is 8.03. The third kappa shape index (κ3) is 3.15. The van der Waals surface area contributed by atoms with Gasteiger partial charge in [0.25, 0.3) is 5.91 Å². The van der Waals surface area contributed by atoms with Crippen molar-refractivity contribution in [1.29, 1.82) is 0 Å². The molecule has 0 saturated heterocycles. The van der Waals surface area contributed by atoms with Crippen molar-refractivity contribution in [3.05, 3.63) is 41.4 Å². The van der Waals surface area contributed by atoms with Crippen LogP contribution in [0.5, 0.6) is 0 Å². The van der Waals surface area contributed by atoms with Crippen LogP contribution in [0.1, 0.15) is 41.2 Å². The van der Waals surface area contributed by atoms with E-state index in [0.29, 0.717) is 23.0 Å². The molecule has 26 heavy (non-hydrogen) atoms. The molecule has 3 rings (SSSR count). The molecular formula is C17H20N6O3. The highest BCUT2D eigenvalue weighted by atomic mass is 16.4. The molecule has 3 N–H and O–H groups in total. The van der Waals surface area contributed by atoms with Gasteiger partial charge in [0.2, 0.25) is 5.91 Å². The number of anilines is 1. The van der Waals surface area contributed by atoms with E-state index in [-0.39, 0.29) is 29.9 Å². The van der Waals surface area contributed by atoms with E-state index in [1.54, 1.807) is 46.1 Å². The van der Waals surface area contributed by atoms with Crippen molar-refractivity contribution in [3.63, 3.8) is 0 Å². The van der Waals surface area contributed by atoms with Crippen LogP contribution in [0.2, 0.25) is 0 Å². The molecule has 9 nitrogen and oxygen atoms in total. The number of hydrogen-bond donors (Lipinski definition) is 2. The molecule has 0 aromatic carbocycles. The second-order valence-electron chi connectivity index (χ2n) is 6.39. The number of hydrogen-bond acceptors (Lipinski definition) is 7. The summed E-state index contributed by atoms with van der Waals surface area (Å²) in [4.78, 5) is 38.6. The van der Waals surface area contributed by atoms with Gasteiger partial charge in [-0.05, 0) is 26.0 Å². The Balaban J connectivity index is 1.88. The number of aliphatic imine (C=N–C) groups is 1. The van der Waals surface area contributed by atoms with Gasteiger partial charge in [-0.25, -0.2) is 9.98 Å². The Kier molecular flexibility index (Phi) is 4.23. The number of nitrogens with one attached hydrogen (secondary N) is 1. The number of aromatic nitrogens is 2. The topological polar surface area (TPSA) is 127 Å². The summed E-state index contributed by atoms with van der Waals surface area (Å²) in [5, 5.41) is 2.76. The quantitative estimate of drug-likeness (QED) is 0.854. The van der Waals surface area contributed by atoms with Crippen LogP contribution in [0.15, 0.2) is 27.7 Å². The number of pyridine rings is 1. The Morgan fingerprint density at radius 2 is 2.15 bits per heavy atom. The van der Waals surface area contributed by atoms with Gasteiger partial charge in [0.1, 0.15) is 11.3 Å². The van der Waals surface area contributed by atoms with E-state index in [1.165, 1.54) is 4.90 Å². The average molecular weight is 356 g/mol. The molecule has 1 atom stereocenters. The molecule has 1 aliphatic rings. The molecule has 2 aromatic rings. The molecule has 0 saturated carbocycles. The smallest absolute Gasteiger partial charge is 0.277 e. The molecule has 2 amide bonds. The normalized spacial score (nSPS) is 20.1. The number of aryl methyl sites for hydroxylation is 2. The van der Waals surface area contributed by atoms with Crippen LogP contribution in [-0.4, -0.2) is 39.7 Å². The fourth-order valence-electron chi connectivity index (χ4n) is 2.79. The Morgan fingerprint density at radius 1 is 1.42 bits per heavy atom. The third-order valence-electron chi connectivity index (χ3n) is 4.26. The van der Waals surface area contributed by atoms with Crippen molar-refractivity contribution in [2.75, 3.05) is 12.4 Å². The number of guanidine groups is 1. The van der Waals surface area contributed by atoms with Gasteiger partial charge in [0.05, 0.1) is 12.1 Å². The number of amides is 2. The predicted molar refractivity (Wildman–Crippen MR) is 94.5 cm³/mol. The lowest BCUT2D eigenvalue weighted by atomic mass is 9.91. The minimum absolute atomic E-state index is 0.133. The van der Waals surface area contributed by atoms with E-state index in [4.69, 9.17) is 10.2 Å². The van der Waals surface area contributed by atoms with Crippen LogP contribution in [0.3, 0.4) is 0 Å². The highest BCUT2D eigenvalue weighted by Gasteiger charge is 2.37. The first-order valence-electron chi connectivity index (χ1n) is 8.03. The van der Waals surface area contributed by atoms with Gasteiger partial charge >= 0.3 is 0 Å². The van der Waals surface area contributed by atoms with Gasteiger partial charge in [-0.15, -0.1) is 0 Å². The van der Waals surface area contributed by atoms with Crippen molar-refractivity contribution in [1.82, 2.24) is 14.9 Å². The summed E-state index contributed by atoms with van der Waals surface area (Å²) < 4.78 is 5.28. The van der Waals surface area contributed by atoms with Gasteiger partial charge in [0.15, 0.2) is 17.5 Å². The molecule has 0 fully saturated rings. The fourth-order valence-corrected chi connectivity index (χ4v) is 2.79. The maximum absolute atomic E-state index is 12.4. The number of nitrogens with two attached hydrogens (primary N) is 1. The maximum atomic E-state index is 12.4. The van der Waals surface area contributed by atoms with E-state index in [9.17, 15) is 9.59 Å². The fraction of sp³-hybridized carbons (Fsp3) is 0.353. The van der Waals surface area contributed by atoms with E-state index in [0.717, 1.165) is 0 Å². The molecule has 2 aromatic heterocycles. The molecule has 0 spiro atoms. The molecule has 136 valence electrons. The standard InChI is InChI=1S/C17H20N6O3/c1-9-14(20-10(2)26-9)15(25)21-11-5-6-19-12(7-11)17(3)8-13(24)23(4)16(18)22-17/h5-7H,8H2,1-4H3,(H2,18,22)(H,19,21,25). The lowest BCUT2D eigenvalue weighted by Crippen LogP contribution is -2.47. The van der Waals surface area contributed by atoms with Crippen molar-refractivity contribution in [3.8, 4) is 0 Å². The molecular weight excluding hydrogens is 336 g/mol. The zero-order valence-electron chi connectivity index (χ0n) is 15.0. The molecule has 0 radical (unpaired) electrons. The summed E-state index contributed by atoms with van der Waals surface area (Å²) in [6.45, 7) is 5.13. The van der Waals surface area contributed by atoms with Crippen LogP contribution >= 0.6 is 0 Å². The predicted octanol–water partition coefficient (Wildman–Crippen LogP) is 1.33. The van der Waals surface area contributed by atoms with Crippen LogP contribution in [-0.2, 0) is 10.3 Å². The Labute approximate surface area is 150 Å². The Hall–Kier alpha value is -3.23. The van der Waals surface area contributed by atoms with Crippen molar-refractivity contribution in [2.45, 2.75) is 32.7 Å². The summed E-state index contributed by atoms with van der Waals surface area (Å²) in [5.41, 5.74) is 6.22. The van der Waals surface area contributed by atoms with Gasteiger partial charge < -0.3 is 15.5 Å². The first-order chi connectivity index (χ1) is 12.2. The second-order valence-corrected chi connectivity index (χ2v) is 6.39. The number of nitrogens with zero attached hydrogens (tertiary/aromatic N) is 4. The number of rotatable bonds is 3. The summed E-state index contributed by atoms with van der Waals surface area (Å²) >= 11 is 0. The molecule has 9 heteroatoms. The van der Waals surface area contributed by atoms with E-state index >= 15 is 0 Å². The average Bonchev–Trinajstić information content (AvgIpc) is 2.91. The van der Waals surface area contributed by atoms with E-state index in [1.807, 2.05) is 0 Å². The molecule has 1 aliphatic heterocycles. The second kappa shape index (κ2) is 6.25. The van der Waals surface area contributed by atoms with Gasteiger partial charge in [-0.3, -0.25) is 19.5 Å². The van der Waals surface area contributed by atoms with Crippen LogP contribution in [0, 0.1) is 13.8 Å². The third-order valence-corrected chi connectivity index (χ3v) is 4.26. The Morgan fingerprint density at radius 3 is 2.77 bits per heavy atom. The zero-order valence-corrected chi connectivity index (χ0v) is 15.0. The molecule has 0 aliphatic carbocycles. The lowest BCUT2D eigenvalue weighted by Gasteiger charge is -2.32. The summed E-state index contributed by atoms with van der Waals surface area (Å²) in [5.74, 6) is 0.465. The molecule has 1 unspecified atom stereocenters. The highest BCUT2D eigenvalue weighted by Crippen LogP contribution is 2.32. The number of oxazole rings is 1. The van der Waals surface area contributed by atoms with Crippen molar-refractivity contribution in [2.24, 2.45) is 10.7 Å². The minimum Gasteiger partial charge on any atom is -0.445 e. The van der Waals surface area contributed by atoms with Crippen LogP contribution in [0.25, 0.3) is 0 Å². The van der Waals surface area contributed by atoms with E-state index < -0.39 is 5.54 Å². The lowest BCUT2D eigenvalue weighted by molar-refractivity contribution is -0.128. The summed E-state index contributed by atoms with van der Waals surface area (Å²) in [6.07, 6.45) is 1.68.